The zero-order valence-electron chi connectivity index (χ0n) is 13.9. The molecule has 0 radical (unpaired) electrons. The van der Waals surface area contributed by atoms with Gasteiger partial charge < -0.3 is 10.1 Å². The highest BCUT2D eigenvalue weighted by Gasteiger charge is 2.26. The Morgan fingerprint density at radius 2 is 1.88 bits per heavy atom. The van der Waals surface area contributed by atoms with Gasteiger partial charge in [-0.1, -0.05) is 6.42 Å². The van der Waals surface area contributed by atoms with Crippen molar-refractivity contribution in [3.8, 4) is 6.07 Å². The summed E-state index contributed by atoms with van der Waals surface area (Å²) >= 11 is 1.46. The Bertz CT molecular complexity index is 847. The minimum atomic E-state index is -0.408. The van der Waals surface area contributed by atoms with Crippen LogP contribution in [0.4, 0.5) is 5.00 Å². The maximum absolute atomic E-state index is 12.5. The van der Waals surface area contributed by atoms with Crippen molar-refractivity contribution in [3.63, 3.8) is 0 Å². The lowest BCUT2D eigenvalue weighted by Gasteiger charge is -2.07. The molecule has 5 nitrogen and oxygen atoms in total. The van der Waals surface area contributed by atoms with Gasteiger partial charge in [-0.25, -0.2) is 4.79 Å². The van der Waals surface area contributed by atoms with Crippen molar-refractivity contribution in [1.29, 1.82) is 5.26 Å². The number of hydrogen-bond acceptors (Lipinski definition) is 5. The van der Waals surface area contributed by atoms with E-state index in [0.29, 0.717) is 21.7 Å². The summed E-state index contributed by atoms with van der Waals surface area (Å²) < 4.78 is 4.94. The number of rotatable bonds is 3. The van der Waals surface area contributed by atoms with E-state index in [1.165, 1.54) is 18.4 Å². The topological polar surface area (TPSA) is 79.2 Å². The number of thiophene rings is 1. The Hall–Kier alpha value is -2.65. The van der Waals surface area contributed by atoms with Crippen LogP contribution in [0.3, 0.4) is 0 Å². The monoisotopic (exact) mass is 354 g/mol. The van der Waals surface area contributed by atoms with Gasteiger partial charge in [0.25, 0.3) is 5.91 Å². The van der Waals surface area contributed by atoms with Crippen LogP contribution in [0.5, 0.6) is 0 Å². The fourth-order valence-electron chi connectivity index (χ4n) is 3.02. The lowest BCUT2D eigenvalue weighted by atomic mass is 10.1. The van der Waals surface area contributed by atoms with Gasteiger partial charge in [-0.2, -0.15) is 5.26 Å². The number of nitrogens with zero attached hydrogens (tertiary/aromatic N) is 1. The third-order valence-corrected chi connectivity index (χ3v) is 5.52. The molecule has 128 valence electrons. The van der Waals surface area contributed by atoms with Gasteiger partial charge in [0, 0.05) is 10.4 Å². The third kappa shape index (κ3) is 3.57. The van der Waals surface area contributed by atoms with Crippen molar-refractivity contribution < 1.29 is 14.3 Å². The molecule has 6 heteroatoms. The van der Waals surface area contributed by atoms with Crippen molar-refractivity contribution in [2.75, 3.05) is 12.4 Å². The summed E-state index contributed by atoms with van der Waals surface area (Å²) in [5.41, 5.74) is 2.45. The van der Waals surface area contributed by atoms with Crippen molar-refractivity contribution >= 4 is 28.2 Å². The number of benzene rings is 1. The van der Waals surface area contributed by atoms with Crippen LogP contribution in [0, 0.1) is 11.3 Å². The van der Waals surface area contributed by atoms with Crippen LogP contribution in [-0.2, 0) is 17.6 Å². The first-order valence-electron chi connectivity index (χ1n) is 8.18. The second kappa shape index (κ2) is 7.49. The molecule has 0 spiro atoms. The molecule has 1 aliphatic rings. The predicted molar refractivity (Wildman–Crippen MR) is 96.0 cm³/mol. The molecule has 0 fully saturated rings. The van der Waals surface area contributed by atoms with E-state index in [9.17, 15) is 9.59 Å². The molecule has 1 N–H and O–H groups in total. The molecule has 0 saturated carbocycles. The van der Waals surface area contributed by atoms with Gasteiger partial charge in [0.05, 0.1) is 24.3 Å². The number of carbonyl (C=O) groups is 2. The van der Waals surface area contributed by atoms with Gasteiger partial charge in [0.2, 0.25) is 0 Å². The molecule has 0 unspecified atom stereocenters. The summed E-state index contributed by atoms with van der Waals surface area (Å²) in [5.74, 6) is -0.708. The molecule has 3 rings (SSSR count). The lowest BCUT2D eigenvalue weighted by molar-refractivity contribution is 0.0601. The Kier molecular flexibility index (Phi) is 5.15. The molecule has 1 aliphatic carbocycles. The second-order valence-electron chi connectivity index (χ2n) is 5.90. The van der Waals surface area contributed by atoms with Crippen LogP contribution in [0.15, 0.2) is 24.3 Å². The lowest BCUT2D eigenvalue weighted by Crippen LogP contribution is -2.14. The zero-order valence-corrected chi connectivity index (χ0v) is 14.7. The largest absolute Gasteiger partial charge is 0.465 e. The van der Waals surface area contributed by atoms with E-state index < -0.39 is 5.97 Å². The molecule has 1 aromatic heterocycles. The van der Waals surface area contributed by atoms with Crippen LogP contribution in [0.1, 0.15) is 56.0 Å². The van der Waals surface area contributed by atoms with Gasteiger partial charge in [-0.05, 0) is 55.5 Å². The van der Waals surface area contributed by atoms with Gasteiger partial charge in [0.15, 0.2) is 0 Å². The Morgan fingerprint density at radius 3 is 2.56 bits per heavy atom. The van der Waals surface area contributed by atoms with E-state index in [1.54, 1.807) is 24.3 Å². The zero-order chi connectivity index (χ0) is 17.8. The van der Waals surface area contributed by atoms with Gasteiger partial charge >= 0.3 is 5.97 Å². The first kappa shape index (κ1) is 17.2. The summed E-state index contributed by atoms with van der Waals surface area (Å²) in [5, 5.41) is 12.2. The number of methoxy groups -OCH3 is 1. The first-order chi connectivity index (χ1) is 12.1. The summed E-state index contributed by atoms with van der Waals surface area (Å²) in [6.07, 6.45) is 5.04. The average Bonchev–Trinajstić information content (AvgIpc) is 2.81. The van der Waals surface area contributed by atoms with Crippen LogP contribution in [0.2, 0.25) is 0 Å². The number of esters is 1. The van der Waals surface area contributed by atoms with Gasteiger partial charge in [-0.3, -0.25) is 4.79 Å². The molecule has 0 bridgehead atoms. The van der Waals surface area contributed by atoms with Crippen molar-refractivity contribution in [2.45, 2.75) is 32.1 Å². The van der Waals surface area contributed by atoms with Crippen LogP contribution in [0.25, 0.3) is 0 Å². The molecular weight excluding hydrogens is 336 g/mol. The number of nitrogens with one attached hydrogen (secondary N) is 1. The number of amides is 1. The van der Waals surface area contributed by atoms with E-state index in [4.69, 9.17) is 10.00 Å². The summed E-state index contributed by atoms with van der Waals surface area (Å²) in [6.45, 7) is 0. The van der Waals surface area contributed by atoms with E-state index in [2.05, 4.69) is 5.32 Å². The standard InChI is InChI=1S/C19H18N2O3S/c1-24-19(23)16-14-5-3-2-4-6-15(14)25-18(16)21-17(22)13-9-7-12(11-20)8-10-13/h7-10H,2-6H2,1H3,(H,21,22). The van der Waals surface area contributed by atoms with E-state index >= 15 is 0 Å². The predicted octanol–water partition coefficient (Wildman–Crippen LogP) is 3.93. The number of ether oxygens (including phenoxy) is 1. The number of fused-ring (bicyclic) bond motifs is 1. The van der Waals surface area contributed by atoms with Gasteiger partial charge in [-0.15, -0.1) is 11.3 Å². The number of nitriles is 1. The Balaban J connectivity index is 1.92. The van der Waals surface area contributed by atoms with E-state index in [-0.39, 0.29) is 5.91 Å². The normalized spacial score (nSPS) is 13.3. The minimum Gasteiger partial charge on any atom is -0.465 e. The van der Waals surface area contributed by atoms with Crippen molar-refractivity contribution in [2.24, 2.45) is 0 Å². The highest BCUT2D eigenvalue weighted by atomic mass is 32.1. The molecule has 1 amide bonds. The SMILES string of the molecule is COC(=O)c1c(NC(=O)c2ccc(C#N)cc2)sc2c1CCCCC2. The minimum absolute atomic E-state index is 0.300. The molecule has 25 heavy (non-hydrogen) atoms. The maximum Gasteiger partial charge on any atom is 0.341 e. The van der Waals surface area contributed by atoms with E-state index in [1.807, 2.05) is 6.07 Å². The van der Waals surface area contributed by atoms with Crippen LogP contribution >= 0.6 is 11.3 Å². The molecule has 0 atom stereocenters. The Morgan fingerprint density at radius 1 is 1.16 bits per heavy atom. The Labute approximate surface area is 150 Å². The quantitative estimate of drug-likeness (QED) is 0.669. The number of carbonyl (C=O) groups excluding carboxylic acids is 2. The maximum atomic E-state index is 12.5. The molecule has 0 saturated heterocycles. The van der Waals surface area contributed by atoms with Crippen molar-refractivity contribution in [3.05, 3.63) is 51.4 Å². The summed E-state index contributed by atoms with van der Waals surface area (Å²) in [6, 6.07) is 8.42. The smallest absolute Gasteiger partial charge is 0.341 e. The highest BCUT2D eigenvalue weighted by Crippen LogP contribution is 2.38. The van der Waals surface area contributed by atoms with Gasteiger partial charge in [0.1, 0.15) is 5.00 Å². The van der Waals surface area contributed by atoms with Crippen molar-refractivity contribution in [1.82, 2.24) is 0 Å². The molecule has 2 aromatic rings. The van der Waals surface area contributed by atoms with E-state index in [0.717, 1.165) is 42.5 Å². The average molecular weight is 354 g/mol. The third-order valence-electron chi connectivity index (χ3n) is 4.31. The van der Waals surface area contributed by atoms with Crippen LogP contribution in [-0.4, -0.2) is 19.0 Å². The number of anilines is 1. The number of hydrogen-bond donors (Lipinski definition) is 1. The fourth-order valence-corrected chi connectivity index (χ4v) is 4.29. The summed E-state index contributed by atoms with van der Waals surface area (Å²) in [4.78, 5) is 26.0. The first-order valence-corrected chi connectivity index (χ1v) is 9.00. The fraction of sp³-hybridized carbons (Fsp3) is 0.316. The highest BCUT2D eigenvalue weighted by molar-refractivity contribution is 7.17. The second-order valence-corrected chi connectivity index (χ2v) is 7.01. The molecule has 1 heterocycles. The summed E-state index contributed by atoms with van der Waals surface area (Å²) in [7, 11) is 1.36. The van der Waals surface area contributed by atoms with Crippen LogP contribution < -0.4 is 5.32 Å². The molecular formula is C19H18N2O3S. The molecule has 0 aliphatic heterocycles. The number of aryl methyl sites for hydroxylation is 1. The molecule has 1 aromatic carbocycles.